The maximum atomic E-state index is 13.6. The Morgan fingerprint density at radius 1 is 1.25 bits per heavy atom. The van der Waals surface area contributed by atoms with Crippen LogP contribution in [0.4, 0.5) is 10.2 Å². The molecule has 0 spiro atoms. The van der Waals surface area contributed by atoms with Gasteiger partial charge in [0.25, 0.3) is 0 Å². The minimum atomic E-state index is -1.09. The number of hydrogen-bond donors (Lipinski definition) is 1. The van der Waals surface area contributed by atoms with Gasteiger partial charge in [0.2, 0.25) is 5.91 Å². The molecule has 2 aliphatic rings. The third-order valence-corrected chi connectivity index (χ3v) is 7.52. The van der Waals surface area contributed by atoms with Crippen molar-refractivity contribution in [1.29, 1.82) is 0 Å². The molecular formula is C22H30ClFN4O3S. The summed E-state index contributed by atoms with van der Waals surface area (Å²) in [6, 6.07) is 3.10. The van der Waals surface area contributed by atoms with Gasteiger partial charge in [-0.15, -0.1) is 0 Å². The van der Waals surface area contributed by atoms with Gasteiger partial charge in [-0.25, -0.2) is 4.39 Å². The number of carbonyl (C=O) groups is 1. The summed E-state index contributed by atoms with van der Waals surface area (Å²) in [5.41, 5.74) is 0.416. The molecule has 10 heteroatoms. The third-order valence-electron chi connectivity index (χ3n) is 6.57. The van der Waals surface area contributed by atoms with Crippen LogP contribution in [-0.2, 0) is 15.6 Å². The summed E-state index contributed by atoms with van der Waals surface area (Å²) in [5, 5.41) is 8.00. The maximum absolute atomic E-state index is 13.6. The average molecular weight is 485 g/mol. The van der Waals surface area contributed by atoms with Crippen LogP contribution < -0.4 is 10.2 Å². The lowest BCUT2D eigenvalue weighted by Crippen LogP contribution is -2.47. The number of carbonyl (C=O) groups excluding carboxylic acids is 1. The largest absolute Gasteiger partial charge is 0.354 e. The molecule has 1 aliphatic heterocycles. The molecule has 1 amide bonds. The minimum Gasteiger partial charge on any atom is -0.354 e. The quantitative estimate of drug-likeness (QED) is 0.650. The molecule has 0 bridgehead atoms. The summed E-state index contributed by atoms with van der Waals surface area (Å²) in [5.74, 6) is 0.923. The lowest BCUT2D eigenvalue weighted by Gasteiger charge is -2.36. The molecule has 2 fully saturated rings. The molecule has 1 saturated carbocycles. The predicted molar refractivity (Wildman–Crippen MR) is 125 cm³/mol. The molecule has 7 nitrogen and oxygen atoms in total. The number of hydrogen-bond acceptors (Lipinski definition) is 6. The molecule has 1 aromatic heterocycles. The van der Waals surface area contributed by atoms with Gasteiger partial charge in [0.05, 0.1) is 10.4 Å². The van der Waals surface area contributed by atoms with Gasteiger partial charge in [0, 0.05) is 55.3 Å². The summed E-state index contributed by atoms with van der Waals surface area (Å²) in [4.78, 5) is 16.5. The molecule has 2 aromatic rings. The molecule has 176 valence electrons. The van der Waals surface area contributed by atoms with Crippen LogP contribution in [0.25, 0.3) is 11.0 Å². The van der Waals surface area contributed by atoms with Gasteiger partial charge in [-0.3, -0.25) is 13.9 Å². The van der Waals surface area contributed by atoms with E-state index in [9.17, 15) is 13.4 Å². The number of rotatable bonds is 7. The second-order valence-corrected chi connectivity index (χ2v) is 10.7. The predicted octanol–water partition coefficient (Wildman–Crippen LogP) is 3.19. The molecule has 0 radical (unpaired) electrons. The van der Waals surface area contributed by atoms with E-state index in [-0.39, 0.29) is 22.7 Å². The van der Waals surface area contributed by atoms with Gasteiger partial charge in [-0.05, 0) is 50.6 Å². The number of aromatic nitrogens is 1. The zero-order valence-corrected chi connectivity index (χ0v) is 19.9. The van der Waals surface area contributed by atoms with Crippen LogP contribution in [-0.4, -0.2) is 70.9 Å². The van der Waals surface area contributed by atoms with Gasteiger partial charge < -0.3 is 14.7 Å². The highest BCUT2D eigenvalue weighted by Crippen LogP contribution is 2.31. The second kappa shape index (κ2) is 10.5. The van der Waals surface area contributed by atoms with Gasteiger partial charge in [-0.1, -0.05) is 16.8 Å². The van der Waals surface area contributed by atoms with E-state index >= 15 is 0 Å². The zero-order chi connectivity index (χ0) is 22.7. The molecule has 32 heavy (non-hydrogen) atoms. The highest BCUT2D eigenvalue weighted by atomic mass is 35.5. The number of nitrogens with zero attached hydrogens (tertiary/aromatic N) is 3. The highest BCUT2D eigenvalue weighted by Gasteiger charge is 2.25. The van der Waals surface area contributed by atoms with Gasteiger partial charge in [0.1, 0.15) is 11.6 Å². The van der Waals surface area contributed by atoms with Crippen molar-refractivity contribution in [2.75, 3.05) is 49.6 Å². The van der Waals surface area contributed by atoms with Crippen molar-refractivity contribution in [2.45, 2.75) is 38.1 Å². The van der Waals surface area contributed by atoms with E-state index in [4.69, 9.17) is 16.1 Å². The molecule has 1 saturated heterocycles. The van der Waals surface area contributed by atoms with Crippen LogP contribution in [0.15, 0.2) is 16.7 Å². The van der Waals surface area contributed by atoms with E-state index in [1.807, 2.05) is 0 Å². The van der Waals surface area contributed by atoms with Crippen molar-refractivity contribution >= 4 is 45.1 Å². The number of anilines is 1. The lowest BCUT2D eigenvalue weighted by molar-refractivity contribution is -0.119. The summed E-state index contributed by atoms with van der Waals surface area (Å²) < 4.78 is 30.1. The number of benzene rings is 1. The summed E-state index contributed by atoms with van der Waals surface area (Å²) in [6.45, 7) is 4.65. The first kappa shape index (κ1) is 23.4. The Kier molecular flexibility index (Phi) is 7.68. The smallest absolute Gasteiger partial charge is 0.232 e. The van der Waals surface area contributed by atoms with Crippen molar-refractivity contribution in [3.63, 3.8) is 0 Å². The standard InChI is InChI=1S/C22H30ClFN4O3S/c1-32(30)14-21(29)25-16-4-2-15(3-5-16)6-7-27-8-10-28(11-9-27)22-17-12-18(23)19(24)13-20(17)31-26-22/h12-13,15-16H,2-11,14H2,1H3,(H,25,29). The van der Waals surface area contributed by atoms with Crippen LogP contribution in [0.2, 0.25) is 5.02 Å². The number of piperazine rings is 1. The van der Waals surface area contributed by atoms with Crippen molar-refractivity contribution in [1.82, 2.24) is 15.4 Å². The first-order valence-electron chi connectivity index (χ1n) is 11.2. The van der Waals surface area contributed by atoms with Gasteiger partial charge in [-0.2, -0.15) is 0 Å². The number of amides is 1. The second-order valence-electron chi connectivity index (χ2n) is 8.89. The highest BCUT2D eigenvalue weighted by molar-refractivity contribution is 7.85. The van der Waals surface area contributed by atoms with E-state index in [1.165, 1.54) is 12.5 Å². The number of nitrogens with one attached hydrogen (secondary N) is 1. The van der Waals surface area contributed by atoms with E-state index < -0.39 is 16.6 Å². The topological polar surface area (TPSA) is 78.7 Å². The van der Waals surface area contributed by atoms with Gasteiger partial charge >= 0.3 is 0 Å². The van der Waals surface area contributed by atoms with Crippen molar-refractivity contribution in [3.8, 4) is 0 Å². The third kappa shape index (κ3) is 5.80. The van der Waals surface area contributed by atoms with Crippen molar-refractivity contribution in [2.24, 2.45) is 5.92 Å². The normalized spacial score (nSPS) is 23.4. The Morgan fingerprint density at radius 2 is 1.97 bits per heavy atom. The SMILES string of the molecule is CS(=O)CC(=O)NC1CCC(CCN2CCN(c3noc4cc(F)c(Cl)cc34)CC2)CC1. The monoisotopic (exact) mass is 484 g/mol. The Hall–Kier alpha value is -1.71. The zero-order valence-electron chi connectivity index (χ0n) is 18.3. The molecule has 1 unspecified atom stereocenters. The molecule has 1 N–H and O–H groups in total. The van der Waals surface area contributed by atoms with Crippen molar-refractivity contribution in [3.05, 3.63) is 23.0 Å². The molecule has 4 rings (SSSR count). The molecular weight excluding hydrogens is 455 g/mol. The average Bonchev–Trinajstić information content (AvgIpc) is 3.16. The maximum Gasteiger partial charge on any atom is 0.232 e. The van der Waals surface area contributed by atoms with Crippen LogP contribution in [0.1, 0.15) is 32.1 Å². The first-order chi connectivity index (χ1) is 15.4. The Labute approximate surface area is 195 Å². The fourth-order valence-corrected chi connectivity index (χ4v) is 5.36. The Balaban J connectivity index is 1.19. The molecule has 1 aliphatic carbocycles. The van der Waals surface area contributed by atoms with Crippen LogP contribution in [0, 0.1) is 11.7 Å². The molecule has 1 atom stereocenters. The Morgan fingerprint density at radius 3 is 2.66 bits per heavy atom. The van der Waals surface area contributed by atoms with E-state index in [0.717, 1.165) is 69.6 Å². The summed E-state index contributed by atoms with van der Waals surface area (Å²) >= 11 is 5.94. The Bertz CT molecular complexity index is 971. The summed E-state index contributed by atoms with van der Waals surface area (Å²) in [6.07, 6.45) is 6.99. The summed E-state index contributed by atoms with van der Waals surface area (Å²) in [7, 11) is -1.09. The molecule has 2 heterocycles. The van der Waals surface area contributed by atoms with Gasteiger partial charge in [0.15, 0.2) is 11.4 Å². The van der Waals surface area contributed by atoms with Crippen LogP contribution in [0.3, 0.4) is 0 Å². The minimum absolute atomic E-state index is 0.0789. The first-order valence-corrected chi connectivity index (χ1v) is 13.3. The lowest BCUT2D eigenvalue weighted by atomic mass is 9.84. The van der Waals surface area contributed by atoms with E-state index in [1.54, 1.807) is 12.3 Å². The fraction of sp³-hybridized carbons (Fsp3) is 0.636. The van der Waals surface area contributed by atoms with Crippen molar-refractivity contribution < 1.29 is 17.9 Å². The molecule has 1 aromatic carbocycles. The number of fused-ring (bicyclic) bond motifs is 1. The van der Waals surface area contributed by atoms with Crippen LogP contribution in [0.5, 0.6) is 0 Å². The number of halogens is 2. The van der Waals surface area contributed by atoms with E-state index in [0.29, 0.717) is 11.5 Å². The fourth-order valence-electron chi connectivity index (χ4n) is 4.75. The van der Waals surface area contributed by atoms with E-state index in [2.05, 4.69) is 20.3 Å². The van der Waals surface area contributed by atoms with Crippen LogP contribution >= 0.6 is 11.6 Å².